The van der Waals surface area contributed by atoms with Crippen LogP contribution in [-0.4, -0.2) is 35.5 Å². The Bertz CT molecular complexity index is 1370. The summed E-state index contributed by atoms with van der Waals surface area (Å²) in [6, 6.07) is 12.6. The first-order valence-corrected chi connectivity index (χ1v) is 12.4. The Morgan fingerprint density at radius 3 is 2.43 bits per heavy atom. The third kappa shape index (κ3) is 5.45. The van der Waals surface area contributed by atoms with Crippen LogP contribution in [-0.2, 0) is 26.6 Å². The normalized spacial score (nSPS) is 18.1. The molecular formula is C24H22F3N3O4S. The highest BCUT2D eigenvalue weighted by atomic mass is 32.2. The van der Waals surface area contributed by atoms with E-state index in [2.05, 4.69) is 15.3 Å². The van der Waals surface area contributed by atoms with Gasteiger partial charge in [0.05, 0.1) is 28.6 Å². The lowest BCUT2D eigenvalue weighted by atomic mass is 9.80. The van der Waals surface area contributed by atoms with E-state index in [1.54, 1.807) is 31.2 Å². The van der Waals surface area contributed by atoms with Crippen LogP contribution in [0, 0.1) is 12.8 Å². The number of aryl methyl sites for hydroxylation is 1. The number of aliphatic carboxylic acids is 1. The fourth-order valence-electron chi connectivity index (χ4n) is 3.94. The molecular weight excluding hydrogens is 483 g/mol. The van der Waals surface area contributed by atoms with Crippen molar-refractivity contribution in [1.82, 2.24) is 9.97 Å². The van der Waals surface area contributed by atoms with Gasteiger partial charge in [-0.15, -0.1) is 0 Å². The van der Waals surface area contributed by atoms with E-state index in [9.17, 15) is 26.4 Å². The number of alkyl halides is 3. The third-order valence-corrected chi connectivity index (χ3v) is 7.42. The summed E-state index contributed by atoms with van der Waals surface area (Å²) in [6.07, 6.45) is -3.85. The molecule has 7 nitrogen and oxygen atoms in total. The zero-order valence-corrected chi connectivity index (χ0v) is 19.4. The first kappa shape index (κ1) is 24.6. The maximum atomic E-state index is 13.6. The molecule has 1 aliphatic carbocycles. The summed E-state index contributed by atoms with van der Waals surface area (Å²) in [4.78, 5) is 19.2. The Labute approximate surface area is 200 Å². The number of nitrogens with one attached hydrogen (secondary N) is 1. The van der Waals surface area contributed by atoms with Crippen LogP contribution in [0.5, 0.6) is 0 Å². The van der Waals surface area contributed by atoms with Crippen molar-refractivity contribution in [2.24, 2.45) is 5.92 Å². The SMILES string of the molecule is Cc1ccccc1-c1nc(CS(=O)(=O)c2cccc(NC3CC(C(=O)O)C3)n2)ccc1C(F)(F)F. The molecule has 1 aliphatic rings. The second-order valence-electron chi connectivity index (χ2n) is 8.48. The number of carboxylic acids is 1. The van der Waals surface area contributed by atoms with Crippen LogP contribution in [0.1, 0.15) is 29.7 Å². The minimum atomic E-state index is -4.66. The molecule has 0 unspecified atom stereocenters. The molecule has 0 aliphatic heterocycles. The molecule has 2 heterocycles. The van der Waals surface area contributed by atoms with Gasteiger partial charge >= 0.3 is 12.1 Å². The Morgan fingerprint density at radius 1 is 1.06 bits per heavy atom. The van der Waals surface area contributed by atoms with E-state index in [0.29, 0.717) is 18.4 Å². The number of sulfone groups is 1. The fourth-order valence-corrected chi connectivity index (χ4v) is 5.16. The largest absolute Gasteiger partial charge is 0.481 e. The minimum Gasteiger partial charge on any atom is -0.481 e. The van der Waals surface area contributed by atoms with E-state index in [4.69, 9.17) is 5.11 Å². The molecule has 1 fully saturated rings. The van der Waals surface area contributed by atoms with Gasteiger partial charge in [0.15, 0.2) is 5.03 Å². The van der Waals surface area contributed by atoms with E-state index < -0.39 is 39.2 Å². The summed E-state index contributed by atoms with van der Waals surface area (Å²) in [5, 5.41) is 11.8. The summed E-state index contributed by atoms with van der Waals surface area (Å²) in [5.41, 5.74) is -0.475. The van der Waals surface area contributed by atoms with Gasteiger partial charge in [0.25, 0.3) is 0 Å². The molecule has 11 heteroatoms. The van der Waals surface area contributed by atoms with Crippen molar-refractivity contribution in [2.75, 3.05) is 5.32 Å². The van der Waals surface area contributed by atoms with Gasteiger partial charge in [-0.25, -0.2) is 13.4 Å². The van der Waals surface area contributed by atoms with Gasteiger partial charge < -0.3 is 10.4 Å². The standard InChI is InChI=1S/C24H22F3N3O4S/c1-14-5-2-3-6-18(14)22-19(24(25,26)27)10-9-16(29-22)13-35(33,34)21-8-4-7-20(30-21)28-17-11-15(12-17)23(31)32/h2-10,15,17H,11-13H2,1H3,(H,28,30)(H,31,32). The molecule has 2 aromatic heterocycles. The van der Waals surface area contributed by atoms with Gasteiger partial charge in [-0.1, -0.05) is 30.3 Å². The maximum absolute atomic E-state index is 13.6. The molecule has 0 spiro atoms. The topological polar surface area (TPSA) is 109 Å². The van der Waals surface area contributed by atoms with E-state index in [-0.39, 0.29) is 33.8 Å². The lowest BCUT2D eigenvalue weighted by Crippen LogP contribution is -2.39. The number of pyridine rings is 2. The Kier molecular flexibility index (Phi) is 6.54. The summed E-state index contributed by atoms with van der Waals surface area (Å²) in [7, 11) is -4.03. The third-order valence-electron chi connectivity index (χ3n) is 5.88. The van der Waals surface area contributed by atoms with Gasteiger partial charge in [0.1, 0.15) is 5.82 Å². The number of carboxylic acid groups (broad SMARTS) is 1. The van der Waals surface area contributed by atoms with Crippen LogP contribution in [0.3, 0.4) is 0 Å². The molecule has 3 aromatic rings. The van der Waals surface area contributed by atoms with Crippen LogP contribution in [0.2, 0.25) is 0 Å². The number of benzene rings is 1. The van der Waals surface area contributed by atoms with Crippen molar-refractivity contribution >= 4 is 21.6 Å². The molecule has 1 saturated carbocycles. The molecule has 2 N–H and O–H groups in total. The van der Waals surface area contributed by atoms with Crippen molar-refractivity contribution in [3.8, 4) is 11.3 Å². The Balaban J connectivity index is 1.60. The summed E-state index contributed by atoms with van der Waals surface area (Å²) >= 11 is 0. The second kappa shape index (κ2) is 9.29. The van der Waals surface area contributed by atoms with Crippen LogP contribution >= 0.6 is 0 Å². The maximum Gasteiger partial charge on any atom is 0.418 e. The van der Waals surface area contributed by atoms with Gasteiger partial charge in [0, 0.05) is 11.6 Å². The predicted octanol–water partition coefficient (Wildman–Crippen LogP) is 4.72. The van der Waals surface area contributed by atoms with E-state index in [1.807, 2.05) is 0 Å². The van der Waals surface area contributed by atoms with E-state index >= 15 is 0 Å². The average molecular weight is 506 g/mol. The molecule has 0 amide bonds. The van der Waals surface area contributed by atoms with Crippen LogP contribution in [0.4, 0.5) is 19.0 Å². The number of carbonyl (C=O) groups is 1. The second-order valence-corrected chi connectivity index (χ2v) is 10.4. The molecule has 0 radical (unpaired) electrons. The molecule has 184 valence electrons. The van der Waals surface area contributed by atoms with Crippen LogP contribution < -0.4 is 5.32 Å². The van der Waals surface area contributed by atoms with Gasteiger partial charge in [-0.3, -0.25) is 9.78 Å². The summed E-state index contributed by atoms with van der Waals surface area (Å²) < 4.78 is 67.0. The van der Waals surface area contributed by atoms with Crippen LogP contribution in [0.25, 0.3) is 11.3 Å². The number of anilines is 1. The first-order valence-electron chi connectivity index (χ1n) is 10.8. The van der Waals surface area contributed by atoms with Gasteiger partial charge in [-0.2, -0.15) is 13.2 Å². The number of rotatable bonds is 7. The molecule has 0 bridgehead atoms. The lowest BCUT2D eigenvalue weighted by Gasteiger charge is -2.33. The zero-order valence-electron chi connectivity index (χ0n) is 18.6. The highest BCUT2D eigenvalue weighted by Gasteiger charge is 2.36. The van der Waals surface area contributed by atoms with Gasteiger partial charge in [0.2, 0.25) is 9.84 Å². The zero-order chi connectivity index (χ0) is 25.4. The van der Waals surface area contributed by atoms with Crippen molar-refractivity contribution in [3.05, 3.63) is 71.4 Å². The molecule has 0 atom stereocenters. The Morgan fingerprint density at radius 2 is 1.77 bits per heavy atom. The summed E-state index contributed by atoms with van der Waals surface area (Å²) in [6.45, 7) is 1.66. The highest BCUT2D eigenvalue weighted by Crippen LogP contribution is 2.37. The number of halogens is 3. The van der Waals surface area contributed by atoms with Crippen molar-refractivity contribution in [3.63, 3.8) is 0 Å². The van der Waals surface area contributed by atoms with E-state index in [0.717, 1.165) is 12.1 Å². The summed E-state index contributed by atoms with van der Waals surface area (Å²) in [5.74, 6) is -1.67. The quantitative estimate of drug-likeness (QED) is 0.478. The number of hydrogen-bond acceptors (Lipinski definition) is 6. The molecule has 35 heavy (non-hydrogen) atoms. The number of aromatic nitrogens is 2. The van der Waals surface area contributed by atoms with Crippen LogP contribution in [0.15, 0.2) is 59.6 Å². The first-order chi connectivity index (χ1) is 16.4. The fraction of sp³-hybridized carbons (Fsp3) is 0.292. The van der Waals surface area contributed by atoms with Crippen molar-refractivity contribution < 1.29 is 31.5 Å². The molecule has 0 saturated heterocycles. The number of nitrogens with zero attached hydrogens (tertiary/aromatic N) is 2. The monoisotopic (exact) mass is 505 g/mol. The lowest BCUT2D eigenvalue weighted by molar-refractivity contribution is -0.144. The minimum absolute atomic E-state index is 0.0419. The molecule has 4 rings (SSSR count). The van der Waals surface area contributed by atoms with E-state index in [1.165, 1.54) is 18.2 Å². The molecule has 1 aromatic carbocycles. The van der Waals surface area contributed by atoms with Gasteiger partial charge in [-0.05, 0) is 49.6 Å². The smallest absolute Gasteiger partial charge is 0.418 e. The van der Waals surface area contributed by atoms with Crippen molar-refractivity contribution in [1.29, 1.82) is 0 Å². The number of hydrogen-bond donors (Lipinski definition) is 2. The Hall–Kier alpha value is -3.47. The van der Waals surface area contributed by atoms with Crippen molar-refractivity contribution in [2.45, 2.75) is 42.8 Å². The average Bonchev–Trinajstić information content (AvgIpc) is 2.75. The predicted molar refractivity (Wildman–Crippen MR) is 122 cm³/mol. The highest BCUT2D eigenvalue weighted by molar-refractivity contribution is 7.90.